The zero-order valence-electron chi connectivity index (χ0n) is 12.6. The number of hydrogen-bond acceptors (Lipinski definition) is 8. The molecule has 9 heteroatoms. The molecule has 0 radical (unpaired) electrons. The average molecular weight is 356 g/mol. The first-order chi connectivity index (χ1) is 10.2. The minimum atomic E-state index is -0.0268. The van der Waals surface area contributed by atoms with Gasteiger partial charge < -0.3 is 14.9 Å². The van der Waals surface area contributed by atoms with Crippen LogP contribution in [0.3, 0.4) is 0 Å². The lowest BCUT2D eigenvalue weighted by atomic mass is 10.4. The summed E-state index contributed by atoms with van der Waals surface area (Å²) in [6, 6.07) is 0. The van der Waals surface area contributed by atoms with Crippen molar-refractivity contribution in [1.82, 2.24) is 15.5 Å². The summed E-state index contributed by atoms with van der Waals surface area (Å²) in [5.74, 6) is 2.84. The predicted molar refractivity (Wildman–Crippen MR) is 94.2 cm³/mol. The fourth-order valence-corrected chi connectivity index (χ4v) is 2.51. The van der Waals surface area contributed by atoms with Crippen LogP contribution in [0.4, 0.5) is 0 Å². The van der Waals surface area contributed by atoms with E-state index in [1.807, 2.05) is 12.5 Å². The normalized spacial score (nSPS) is 10.2. The average Bonchev–Trinajstić information content (AvgIpc) is 2.46. The molecule has 0 rings (SSSR count). The van der Waals surface area contributed by atoms with Gasteiger partial charge in [-0.25, -0.2) is 0 Å². The van der Waals surface area contributed by atoms with Gasteiger partial charge in [0.05, 0.1) is 12.3 Å². The highest BCUT2D eigenvalue weighted by atomic mass is 32.2. The standard InChI is InChI=1S/C12H25N3O3S3/c1-11(18-14-6-9-21-15-10-20-3)17-7-4-12(16)13-5-8-19-2/h14-15H,1,4-10H2,2-3H3,(H,13,16). The second kappa shape index (κ2) is 16.2. The summed E-state index contributed by atoms with van der Waals surface area (Å²) >= 11 is 5.05. The molecule has 3 N–H and O–H groups in total. The van der Waals surface area contributed by atoms with Crippen molar-refractivity contribution in [1.29, 1.82) is 0 Å². The molecule has 124 valence electrons. The Morgan fingerprint density at radius 3 is 2.71 bits per heavy atom. The first-order valence-corrected chi connectivity index (χ1v) is 10.3. The van der Waals surface area contributed by atoms with Crippen LogP contribution in [0.5, 0.6) is 0 Å². The SMILES string of the molecule is C=C(OCCC(=O)NCCSC)ONCCSNCSC. The van der Waals surface area contributed by atoms with E-state index >= 15 is 0 Å². The first kappa shape index (κ1) is 20.8. The van der Waals surface area contributed by atoms with E-state index in [1.165, 1.54) is 0 Å². The summed E-state index contributed by atoms with van der Waals surface area (Å²) in [5, 5.41) is 2.80. The Bertz CT molecular complexity index is 284. The molecule has 0 atom stereocenters. The summed E-state index contributed by atoms with van der Waals surface area (Å²) < 4.78 is 8.37. The summed E-state index contributed by atoms with van der Waals surface area (Å²) in [6.45, 7) is 5.22. The van der Waals surface area contributed by atoms with Crippen LogP contribution >= 0.6 is 35.5 Å². The molecular weight excluding hydrogens is 330 g/mol. The van der Waals surface area contributed by atoms with Gasteiger partial charge in [0.25, 0.3) is 5.95 Å². The Hall–Kier alpha value is -0.220. The molecule has 0 heterocycles. The molecule has 0 unspecified atom stereocenters. The summed E-state index contributed by atoms with van der Waals surface area (Å²) in [7, 11) is 0. The third-order valence-electron chi connectivity index (χ3n) is 2.02. The van der Waals surface area contributed by atoms with E-state index in [-0.39, 0.29) is 18.5 Å². The van der Waals surface area contributed by atoms with E-state index < -0.39 is 0 Å². The third-order valence-corrected chi connectivity index (χ3v) is 4.00. The van der Waals surface area contributed by atoms with Gasteiger partial charge in [0.15, 0.2) is 0 Å². The van der Waals surface area contributed by atoms with Gasteiger partial charge in [0.2, 0.25) is 5.91 Å². The minimum Gasteiger partial charge on any atom is -0.464 e. The second-order valence-corrected chi connectivity index (χ2v) is 6.57. The fourth-order valence-electron chi connectivity index (χ4n) is 1.06. The summed E-state index contributed by atoms with van der Waals surface area (Å²) in [6.07, 6.45) is 4.34. The van der Waals surface area contributed by atoms with Crippen LogP contribution in [0, 0.1) is 0 Å². The number of nitrogens with one attached hydrogen (secondary N) is 3. The zero-order valence-corrected chi connectivity index (χ0v) is 15.1. The van der Waals surface area contributed by atoms with Gasteiger partial charge in [-0.05, 0) is 19.1 Å². The van der Waals surface area contributed by atoms with Crippen molar-refractivity contribution in [2.45, 2.75) is 6.42 Å². The van der Waals surface area contributed by atoms with Crippen LogP contribution in [0.25, 0.3) is 0 Å². The molecule has 0 aliphatic carbocycles. The molecule has 0 aliphatic rings. The number of rotatable bonds is 15. The Morgan fingerprint density at radius 2 is 2.00 bits per heavy atom. The Balaban J connectivity index is 3.32. The van der Waals surface area contributed by atoms with Gasteiger partial charge in [0, 0.05) is 24.6 Å². The van der Waals surface area contributed by atoms with Crippen LogP contribution in [0.15, 0.2) is 12.5 Å². The monoisotopic (exact) mass is 355 g/mol. The predicted octanol–water partition coefficient (Wildman–Crippen LogP) is 1.42. The number of amides is 1. The lowest BCUT2D eigenvalue weighted by Crippen LogP contribution is -2.26. The largest absolute Gasteiger partial charge is 0.464 e. The molecule has 1 amide bonds. The first-order valence-electron chi connectivity index (χ1n) is 6.51. The van der Waals surface area contributed by atoms with Crippen LogP contribution in [-0.2, 0) is 14.4 Å². The van der Waals surface area contributed by atoms with E-state index in [0.717, 1.165) is 17.4 Å². The minimum absolute atomic E-state index is 0.0268. The smallest absolute Gasteiger partial charge is 0.292 e. The van der Waals surface area contributed by atoms with Crippen molar-refractivity contribution in [3.63, 3.8) is 0 Å². The molecule has 0 saturated heterocycles. The maximum atomic E-state index is 11.4. The molecule has 0 aliphatic heterocycles. The van der Waals surface area contributed by atoms with Crippen molar-refractivity contribution < 1.29 is 14.4 Å². The Kier molecular flexibility index (Phi) is 16.0. The summed E-state index contributed by atoms with van der Waals surface area (Å²) in [4.78, 5) is 16.5. The van der Waals surface area contributed by atoms with Crippen molar-refractivity contribution in [3.05, 3.63) is 12.5 Å². The van der Waals surface area contributed by atoms with E-state index in [0.29, 0.717) is 19.5 Å². The molecular formula is C12H25N3O3S3. The molecule has 6 nitrogen and oxygen atoms in total. The highest BCUT2D eigenvalue weighted by molar-refractivity contribution is 8.01. The van der Waals surface area contributed by atoms with Crippen LogP contribution in [0.2, 0.25) is 0 Å². The summed E-state index contributed by atoms with van der Waals surface area (Å²) in [5.41, 5.74) is 2.75. The molecule has 0 saturated carbocycles. The maximum Gasteiger partial charge on any atom is 0.292 e. The van der Waals surface area contributed by atoms with E-state index in [1.54, 1.807) is 35.5 Å². The fraction of sp³-hybridized carbons (Fsp3) is 0.750. The van der Waals surface area contributed by atoms with E-state index in [4.69, 9.17) is 9.57 Å². The highest BCUT2D eigenvalue weighted by Crippen LogP contribution is 1.98. The Labute approximate surface area is 140 Å². The number of hydrogen-bond donors (Lipinski definition) is 3. The van der Waals surface area contributed by atoms with Crippen molar-refractivity contribution in [2.75, 3.05) is 49.6 Å². The number of ether oxygens (including phenoxy) is 1. The lowest BCUT2D eigenvalue weighted by molar-refractivity contribution is -0.122. The quantitative estimate of drug-likeness (QED) is 0.134. The van der Waals surface area contributed by atoms with E-state index in [2.05, 4.69) is 22.1 Å². The molecule has 0 bridgehead atoms. The van der Waals surface area contributed by atoms with Crippen LogP contribution in [0.1, 0.15) is 6.42 Å². The molecule has 0 aromatic carbocycles. The number of thioether (sulfide) groups is 2. The van der Waals surface area contributed by atoms with Gasteiger partial charge in [-0.3, -0.25) is 9.52 Å². The van der Waals surface area contributed by atoms with Gasteiger partial charge in [-0.1, -0.05) is 11.9 Å². The van der Waals surface area contributed by atoms with Crippen LogP contribution < -0.4 is 15.5 Å². The molecule has 0 fully saturated rings. The highest BCUT2D eigenvalue weighted by Gasteiger charge is 2.02. The van der Waals surface area contributed by atoms with Gasteiger partial charge in [0.1, 0.15) is 6.61 Å². The second-order valence-electron chi connectivity index (χ2n) is 3.74. The molecule has 0 spiro atoms. The van der Waals surface area contributed by atoms with Gasteiger partial charge >= 0.3 is 0 Å². The lowest BCUT2D eigenvalue weighted by Gasteiger charge is -2.11. The van der Waals surface area contributed by atoms with Crippen LogP contribution in [-0.4, -0.2) is 55.5 Å². The number of hydroxylamine groups is 1. The number of carbonyl (C=O) groups is 1. The topological polar surface area (TPSA) is 71.6 Å². The number of carbonyl (C=O) groups excluding carboxylic acids is 1. The third kappa shape index (κ3) is 16.0. The zero-order chi connectivity index (χ0) is 15.8. The molecule has 0 aromatic heterocycles. The maximum absolute atomic E-state index is 11.4. The van der Waals surface area contributed by atoms with Crippen molar-refractivity contribution in [2.24, 2.45) is 0 Å². The Morgan fingerprint density at radius 1 is 1.19 bits per heavy atom. The van der Waals surface area contributed by atoms with Gasteiger partial charge in [-0.2, -0.15) is 17.2 Å². The van der Waals surface area contributed by atoms with E-state index in [9.17, 15) is 4.79 Å². The van der Waals surface area contributed by atoms with Crippen molar-refractivity contribution in [3.8, 4) is 0 Å². The molecule has 21 heavy (non-hydrogen) atoms. The van der Waals surface area contributed by atoms with Crippen molar-refractivity contribution >= 4 is 41.4 Å². The molecule has 0 aromatic rings. The van der Waals surface area contributed by atoms with Gasteiger partial charge in [-0.15, -0.1) is 11.8 Å².